The summed E-state index contributed by atoms with van der Waals surface area (Å²) < 4.78 is 2.33. The Kier molecular flexibility index (Phi) is 3.91. The van der Waals surface area contributed by atoms with Gasteiger partial charge in [0.25, 0.3) is 0 Å². The number of aromatic nitrogens is 1. The van der Waals surface area contributed by atoms with Crippen LogP contribution in [0.15, 0.2) is 30.5 Å². The summed E-state index contributed by atoms with van der Waals surface area (Å²) in [5.74, 6) is 1.16. The summed E-state index contributed by atoms with van der Waals surface area (Å²) in [7, 11) is 0. The molecule has 2 N–H and O–H groups in total. The van der Waals surface area contributed by atoms with E-state index < -0.39 is 0 Å². The Morgan fingerprint density at radius 3 is 2.94 bits per heavy atom. The molecule has 0 spiro atoms. The molecule has 3 heteroatoms. The van der Waals surface area contributed by atoms with Gasteiger partial charge >= 0.3 is 0 Å². The topological polar surface area (TPSA) is 30.9 Å². The van der Waals surface area contributed by atoms with Crippen LogP contribution in [0.2, 0.25) is 0 Å². The number of rotatable bonds is 5. The van der Waals surface area contributed by atoms with Crippen LogP contribution >= 0.6 is 11.8 Å². The van der Waals surface area contributed by atoms with Crippen molar-refractivity contribution in [3.8, 4) is 0 Å². The maximum absolute atomic E-state index is 5.63. The van der Waals surface area contributed by atoms with Crippen molar-refractivity contribution in [1.29, 1.82) is 0 Å². The molecule has 2 rings (SSSR count). The van der Waals surface area contributed by atoms with Gasteiger partial charge in [-0.2, -0.15) is 11.8 Å². The molecular weight excluding hydrogens is 216 g/mol. The second-order valence-corrected chi connectivity index (χ2v) is 4.88. The predicted molar refractivity (Wildman–Crippen MR) is 73.1 cm³/mol. The molecular formula is C13H18N2S. The number of nitrogens with two attached hydrogens (primary N) is 1. The molecule has 0 aliphatic heterocycles. The van der Waals surface area contributed by atoms with Gasteiger partial charge in [-0.3, -0.25) is 0 Å². The zero-order valence-corrected chi connectivity index (χ0v) is 10.5. The molecule has 86 valence electrons. The molecule has 16 heavy (non-hydrogen) atoms. The fraction of sp³-hybridized carbons (Fsp3) is 0.385. The lowest BCUT2D eigenvalue weighted by molar-refractivity contribution is 0.808. The number of thioether (sulfide) groups is 1. The van der Waals surface area contributed by atoms with Crippen LogP contribution in [-0.4, -0.2) is 23.1 Å². The van der Waals surface area contributed by atoms with Gasteiger partial charge in [-0.25, -0.2) is 0 Å². The first-order valence-corrected chi connectivity index (χ1v) is 7.02. The van der Waals surface area contributed by atoms with Crippen LogP contribution in [-0.2, 0) is 13.0 Å². The molecule has 0 radical (unpaired) electrons. The summed E-state index contributed by atoms with van der Waals surface area (Å²) in [6, 6.07) is 8.70. The van der Waals surface area contributed by atoms with Gasteiger partial charge in [0.15, 0.2) is 0 Å². The summed E-state index contributed by atoms with van der Waals surface area (Å²) in [6.45, 7) is 1.80. The Bertz CT molecular complexity index is 462. The van der Waals surface area contributed by atoms with Gasteiger partial charge < -0.3 is 10.3 Å². The Hall–Kier alpha value is -0.930. The van der Waals surface area contributed by atoms with Crippen molar-refractivity contribution in [2.45, 2.75) is 13.0 Å². The number of hydrogen-bond donors (Lipinski definition) is 1. The third kappa shape index (κ3) is 2.25. The molecule has 0 fully saturated rings. The van der Waals surface area contributed by atoms with E-state index in [0.717, 1.165) is 25.3 Å². The van der Waals surface area contributed by atoms with E-state index in [2.05, 4.69) is 41.3 Å². The number of hydrogen-bond acceptors (Lipinski definition) is 2. The summed E-state index contributed by atoms with van der Waals surface area (Å²) in [4.78, 5) is 0. The zero-order chi connectivity index (χ0) is 11.4. The molecule has 0 aliphatic carbocycles. The Balaban J connectivity index is 2.36. The Morgan fingerprint density at radius 2 is 2.19 bits per heavy atom. The van der Waals surface area contributed by atoms with Crippen LogP contribution in [0.4, 0.5) is 0 Å². The molecule has 2 nitrogen and oxygen atoms in total. The Morgan fingerprint density at radius 1 is 1.31 bits per heavy atom. The maximum Gasteiger partial charge on any atom is 0.0483 e. The number of aryl methyl sites for hydroxylation is 1. The zero-order valence-electron chi connectivity index (χ0n) is 9.65. The minimum absolute atomic E-state index is 0.717. The van der Waals surface area contributed by atoms with Crippen molar-refractivity contribution in [3.05, 3.63) is 36.0 Å². The van der Waals surface area contributed by atoms with Crippen molar-refractivity contribution < 1.29 is 0 Å². The lowest BCUT2D eigenvalue weighted by Crippen LogP contribution is -2.03. The average Bonchev–Trinajstić information content (AvgIpc) is 2.71. The van der Waals surface area contributed by atoms with Crippen molar-refractivity contribution in [3.63, 3.8) is 0 Å². The second kappa shape index (κ2) is 5.41. The number of fused-ring (bicyclic) bond motifs is 1. The van der Waals surface area contributed by atoms with Crippen LogP contribution in [0.3, 0.4) is 0 Å². The third-order valence-electron chi connectivity index (χ3n) is 2.85. The van der Waals surface area contributed by atoms with Gasteiger partial charge in [-0.15, -0.1) is 0 Å². The first-order chi connectivity index (χ1) is 7.86. The monoisotopic (exact) mass is 234 g/mol. The van der Waals surface area contributed by atoms with Crippen LogP contribution < -0.4 is 5.73 Å². The van der Waals surface area contributed by atoms with Crippen molar-refractivity contribution in [2.75, 3.05) is 18.6 Å². The van der Waals surface area contributed by atoms with Gasteiger partial charge in [0, 0.05) is 29.4 Å². The van der Waals surface area contributed by atoms with Gasteiger partial charge in [0.05, 0.1) is 0 Å². The first-order valence-electron chi connectivity index (χ1n) is 5.62. The molecule has 2 aromatic rings. The minimum Gasteiger partial charge on any atom is -0.347 e. The van der Waals surface area contributed by atoms with E-state index in [1.165, 1.54) is 16.5 Å². The molecule has 0 saturated heterocycles. The molecule has 0 bridgehead atoms. The highest BCUT2D eigenvalue weighted by molar-refractivity contribution is 7.98. The fourth-order valence-corrected chi connectivity index (χ4v) is 2.42. The van der Waals surface area contributed by atoms with Crippen LogP contribution in [0.5, 0.6) is 0 Å². The van der Waals surface area contributed by atoms with Crippen molar-refractivity contribution in [2.24, 2.45) is 5.73 Å². The summed E-state index contributed by atoms with van der Waals surface area (Å²) in [5, 5.41) is 1.36. The fourth-order valence-electron chi connectivity index (χ4n) is 2.05. The van der Waals surface area contributed by atoms with Crippen molar-refractivity contribution >= 4 is 22.7 Å². The lowest BCUT2D eigenvalue weighted by Gasteiger charge is -2.05. The van der Waals surface area contributed by atoms with Crippen LogP contribution in [0.25, 0.3) is 10.9 Å². The minimum atomic E-state index is 0.717. The van der Waals surface area contributed by atoms with E-state index in [-0.39, 0.29) is 0 Å². The summed E-state index contributed by atoms with van der Waals surface area (Å²) in [5.41, 5.74) is 8.33. The number of nitrogens with zero attached hydrogens (tertiary/aromatic N) is 1. The van der Waals surface area contributed by atoms with E-state index in [0.29, 0.717) is 0 Å². The van der Waals surface area contributed by atoms with Gasteiger partial charge in [0.2, 0.25) is 0 Å². The normalized spacial score (nSPS) is 11.1. The molecule has 1 aromatic carbocycles. The first kappa shape index (κ1) is 11.6. The molecule has 0 unspecified atom stereocenters. The van der Waals surface area contributed by atoms with Crippen LogP contribution in [0.1, 0.15) is 5.56 Å². The highest BCUT2D eigenvalue weighted by Crippen LogP contribution is 2.20. The third-order valence-corrected chi connectivity index (χ3v) is 3.44. The Labute approximate surface area is 101 Å². The predicted octanol–water partition coefficient (Wildman–Crippen LogP) is 2.51. The van der Waals surface area contributed by atoms with Crippen LogP contribution in [0, 0.1) is 0 Å². The molecule has 0 amide bonds. The standard InChI is InChI=1S/C13H18N2S/c1-16-10-9-15-8-6-12-11(5-7-14)3-2-4-13(12)15/h2-4,6,8H,5,7,9-10,14H2,1H3. The van der Waals surface area contributed by atoms with Crippen molar-refractivity contribution in [1.82, 2.24) is 4.57 Å². The lowest BCUT2D eigenvalue weighted by atomic mass is 10.1. The average molecular weight is 234 g/mol. The largest absolute Gasteiger partial charge is 0.347 e. The summed E-state index contributed by atoms with van der Waals surface area (Å²) >= 11 is 1.88. The molecule has 0 aliphatic rings. The van der Waals surface area contributed by atoms with E-state index in [4.69, 9.17) is 5.73 Å². The number of benzene rings is 1. The highest BCUT2D eigenvalue weighted by atomic mass is 32.2. The highest BCUT2D eigenvalue weighted by Gasteiger charge is 2.04. The quantitative estimate of drug-likeness (QED) is 0.861. The van der Waals surface area contributed by atoms with E-state index in [9.17, 15) is 0 Å². The molecule has 0 atom stereocenters. The van der Waals surface area contributed by atoms with Gasteiger partial charge in [0.1, 0.15) is 0 Å². The molecule has 1 aromatic heterocycles. The summed E-state index contributed by atoms with van der Waals surface area (Å²) in [6.07, 6.45) is 5.29. The maximum atomic E-state index is 5.63. The van der Waals surface area contributed by atoms with E-state index in [1.807, 2.05) is 11.8 Å². The van der Waals surface area contributed by atoms with E-state index in [1.54, 1.807) is 0 Å². The second-order valence-electron chi connectivity index (χ2n) is 3.89. The SMILES string of the molecule is CSCCn1ccc2c(CCN)cccc21. The van der Waals surface area contributed by atoms with E-state index >= 15 is 0 Å². The van der Waals surface area contributed by atoms with Gasteiger partial charge in [-0.1, -0.05) is 12.1 Å². The molecule has 1 heterocycles. The van der Waals surface area contributed by atoms with Gasteiger partial charge in [-0.05, 0) is 36.9 Å². The smallest absolute Gasteiger partial charge is 0.0483 e. The molecule has 0 saturated carbocycles.